The maximum Gasteiger partial charge on any atom is 0.330 e. The molecule has 3 atom stereocenters. The van der Waals surface area contributed by atoms with E-state index in [4.69, 9.17) is 21.1 Å². The molecule has 8 nitrogen and oxygen atoms in total. The number of aromatic nitrogens is 2. The van der Waals surface area contributed by atoms with E-state index >= 15 is 0 Å². The number of nitrogens with zero attached hydrogens (tertiary/aromatic N) is 1. The number of carbonyl (C=O) groups excluding carboxylic acids is 1. The average molecular weight is 410 g/mol. The summed E-state index contributed by atoms with van der Waals surface area (Å²) < 4.78 is 11.5. The number of nitrogens with one attached hydrogen (secondary N) is 1. The second-order valence-electron chi connectivity index (χ2n) is 4.79. The third-order valence-electron chi connectivity index (χ3n) is 3.27. The number of aliphatic hydroxyl groups excluding tert-OH is 1. The average Bonchev–Trinajstić information content (AvgIpc) is 2.88. The summed E-state index contributed by atoms with van der Waals surface area (Å²) in [6.45, 7) is -0.171. The molecule has 126 valence electrons. The number of esters is 1. The van der Waals surface area contributed by atoms with Crippen molar-refractivity contribution in [1.82, 2.24) is 9.55 Å². The van der Waals surface area contributed by atoms with Crippen molar-refractivity contribution in [2.45, 2.75) is 24.9 Å². The third kappa shape index (κ3) is 4.31. The number of hydrogen-bond donors (Lipinski definition) is 2. The Morgan fingerprint density at radius 1 is 1.61 bits per heavy atom. The van der Waals surface area contributed by atoms with Gasteiger partial charge in [-0.2, -0.15) is 0 Å². The van der Waals surface area contributed by atoms with Gasteiger partial charge in [-0.25, -0.2) is 4.79 Å². The first kappa shape index (κ1) is 17.9. The molecule has 0 saturated carbocycles. The Labute approximate surface area is 143 Å². The highest BCUT2D eigenvalue weighted by Crippen LogP contribution is 2.27. The van der Waals surface area contributed by atoms with Crippen molar-refractivity contribution in [3.8, 4) is 0 Å². The van der Waals surface area contributed by atoms with E-state index < -0.39 is 35.7 Å². The van der Waals surface area contributed by atoms with Crippen LogP contribution in [-0.4, -0.2) is 45.3 Å². The van der Waals surface area contributed by atoms with Crippen molar-refractivity contribution < 1.29 is 19.4 Å². The SMILES string of the molecule is O=C(CCl)OC[C@@H]1O[C@H](n2cc(/C=C/Br)c(=O)[nH]c2=O)CC1O. The van der Waals surface area contributed by atoms with E-state index in [0.29, 0.717) is 0 Å². The fraction of sp³-hybridized carbons (Fsp3) is 0.462. The Hall–Kier alpha value is -1.42. The largest absolute Gasteiger partial charge is 0.462 e. The van der Waals surface area contributed by atoms with Gasteiger partial charge < -0.3 is 14.6 Å². The lowest BCUT2D eigenvalue weighted by molar-refractivity contribution is -0.147. The number of H-pyrrole nitrogens is 1. The summed E-state index contributed by atoms with van der Waals surface area (Å²) in [6, 6.07) is 0. The van der Waals surface area contributed by atoms with E-state index in [9.17, 15) is 19.5 Å². The maximum atomic E-state index is 11.9. The van der Waals surface area contributed by atoms with Crippen molar-refractivity contribution in [3.63, 3.8) is 0 Å². The van der Waals surface area contributed by atoms with E-state index in [-0.39, 0.29) is 24.5 Å². The molecule has 2 heterocycles. The molecular formula is C13H14BrClN2O6. The molecule has 0 aliphatic carbocycles. The minimum atomic E-state index is -0.919. The minimum absolute atomic E-state index is 0.118. The van der Waals surface area contributed by atoms with Crippen LogP contribution in [0.15, 0.2) is 20.8 Å². The molecule has 0 spiro atoms. The molecule has 0 radical (unpaired) electrons. The first-order chi connectivity index (χ1) is 11.0. The minimum Gasteiger partial charge on any atom is -0.462 e. The number of halogens is 2. The Kier molecular flexibility index (Phi) is 6.17. The zero-order valence-electron chi connectivity index (χ0n) is 11.8. The summed E-state index contributed by atoms with van der Waals surface area (Å²) in [6.07, 6.45) is 0.449. The monoisotopic (exact) mass is 408 g/mol. The van der Waals surface area contributed by atoms with Crippen LogP contribution in [0, 0.1) is 0 Å². The summed E-state index contributed by atoms with van der Waals surface area (Å²) in [5.74, 6) is -0.926. The number of rotatable bonds is 5. The fourth-order valence-electron chi connectivity index (χ4n) is 2.15. The van der Waals surface area contributed by atoms with Gasteiger partial charge in [-0.1, -0.05) is 15.9 Å². The highest BCUT2D eigenvalue weighted by atomic mass is 79.9. The van der Waals surface area contributed by atoms with Gasteiger partial charge in [-0.05, 0) is 11.1 Å². The summed E-state index contributed by atoms with van der Waals surface area (Å²) in [5.41, 5.74) is -0.943. The molecule has 2 N–H and O–H groups in total. The van der Waals surface area contributed by atoms with Gasteiger partial charge in [0.25, 0.3) is 5.56 Å². The van der Waals surface area contributed by atoms with Crippen molar-refractivity contribution in [2.24, 2.45) is 0 Å². The molecule has 0 bridgehead atoms. The topological polar surface area (TPSA) is 111 Å². The summed E-state index contributed by atoms with van der Waals surface area (Å²) in [7, 11) is 0. The lowest BCUT2D eigenvalue weighted by Gasteiger charge is -2.16. The molecule has 1 aliphatic rings. The molecule has 10 heteroatoms. The molecule has 1 aromatic rings. The number of hydrogen-bond acceptors (Lipinski definition) is 6. The van der Waals surface area contributed by atoms with Crippen LogP contribution in [0.2, 0.25) is 0 Å². The molecule has 0 amide bonds. The number of carbonyl (C=O) groups is 1. The van der Waals surface area contributed by atoms with E-state index in [1.807, 2.05) is 0 Å². The van der Waals surface area contributed by atoms with Crippen molar-refractivity contribution in [3.05, 3.63) is 37.6 Å². The van der Waals surface area contributed by atoms with Gasteiger partial charge in [-0.15, -0.1) is 11.6 Å². The van der Waals surface area contributed by atoms with Crippen molar-refractivity contribution in [2.75, 3.05) is 12.5 Å². The maximum absolute atomic E-state index is 11.9. The highest BCUT2D eigenvalue weighted by molar-refractivity contribution is 9.11. The van der Waals surface area contributed by atoms with Crippen LogP contribution in [0.25, 0.3) is 6.08 Å². The Balaban J connectivity index is 2.17. The molecular weight excluding hydrogens is 396 g/mol. The van der Waals surface area contributed by atoms with Crippen LogP contribution in [0.4, 0.5) is 0 Å². The lowest BCUT2D eigenvalue weighted by atomic mass is 10.2. The van der Waals surface area contributed by atoms with Crippen LogP contribution in [-0.2, 0) is 14.3 Å². The predicted molar refractivity (Wildman–Crippen MR) is 85.5 cm³/mol. The summed E-state index contributed by atoms with van der Waals surface area (Å²) >= 11 is 8.37. The summed E-state index contributed by atoms with van der Waals surface area (Å²) in [5, 5.41) is 9.97. The quantitative estimate of drug-likeness (QED) is 0.536. The number of aliphatic hydroxyl groups is 1. The predicted octanol–water partition coefficient (Wildman–Crippen LogP) is 0.333. The number of alkyl halides is 1. The smallest absolute Gasteiger partial charge is 0.330 e. The van der Waals surface area contributed by atoms with Gasteiger partial charge in [0.15, 0.2) is 0 Å². The number of aromatic amines is 1. The van der Waals surface area contributed by atoms with Gasteiger partial charge in [0, 0.05) is 12.6 Å². The van der Waals surface area contributed by atoms with Crippen LogP contribution in [0.1, 0.15) is 18.2 Å². The number of ether oxygens (including phenoxy) is 2. The first-order valence-electron chi connectivity index (χ1n) is 6.63. The molecule has 1 aliphatic heterocycles. The van der Waals surface area contributed by atoms with Crippen LogP contribution in [0.5, 0.6) is 0 Å². The molecule has 1 aromatic heterocycles. The fourth-order valence-corrected chi connectivity index (χ4v) is 2.51. The summed E-state index contributed by atoms with van der Waals surface area (Å²) in [4.78, 5) is 38.2. The Bertz CT molecular complexity index is 715. The molecule has 2 rings (SSSR count). The second-order valence-corrected chi connectivity index (χ2v) is 5.59. The van der Waals surface area contributed by atoms with Gasteiger partial charge in [0.2, 0.25) is 0 Å². The van der Waals surface area contributed by atoms with Gasteiger partial charge >= 0.3 is 11.7 Å². The van der Waals surface area contributed by atoms with Gasteiger partial charge in [0.05, 0.1) is 11.7 Å². The Morgan fingerprint density at radius 3 is 3.00 bits per heavy atom. The molecule has 23 heavy (non-hydrogen) atoms. The van der Waals surface area contributed by atoms with Gasteiger partial charge in [0.1, 0.15) is 24.8 Å². The van der Waals surface area contributed by atoms with Crippen molar-refractivity contribution >= 4 is 39.6 Å². The van der Waals surface area contributed by atoms with E-state index in [1.165, 1.54) is 21.8 Å². The highest BCUT2D eigenvalue weighted by Gasteiger charge is 2.36. The van der Waals surface area contributed by atoms with E-state index in [2.05, 4.69) is 20.9 Å². The molecule has 1 fully saturated rings. The van der Waals surface area contributed by atoms with E-state index in [0.717, 1.165) is 0 Å². The van der Waals surface area contributed by atoms with Crippen LogP contribution >= 0.6 is 27.5 Å². The standard InChI is InChI=1S/C13H14BrClN2O6/c14-2-1-7-5-17(13(21)16-12(7)20)10-3-8(18)9(23-10)6-22-11(19)4-15/h1-2,5,8-10,18H,3-4,6H2,(H,16,20,21)/b2-1+/t8?,9-,10-/m0/s1. The third-order valence-corrected chi connectivity index (χ3v) is 3.75. The first-order valence-corrected chi connectivity index (χ1v) is 8.08. The molecule has 1 saturated heterocycles. The van der Waals surface area contributed by atoms with Crippen molar-refractivity contribution in [1.29, 1.82) is 0 Å². The Morgan fingerprint density at radius 2 is 2.35 bits per heavy atom. The molecule has 0 aromatic carbocycles. The molecule has 1 unspecified atom stereocenters. The van der Waals surface area contributed by atoms with Gasteiger partial charge in [-0.3, -0.25) is 19.1 Å². The van der Waals surface area contributed by atoms with E-state index in [1.54, 1.807) is 0 Å². The zero-order chi connectivity index (χ0) is 17.0. The normalized spacial score (nSPS) is 24.2. The lowest BCUT2D eigenvalue weighted by Crippen LogP contribution is -2.33. The van der Waals surface area contributed by atoms with Crippen LogP contribution in [0.3, 0.4) is 0 Å². The second kappa shape index (κ2) is 7.91. The van der Waals surface area contributed by atoms with Crippen LogP contribution < -0.4 is 11.2 Å². The zero-order valence-corrected chi connectivity index (χ0v) is 14.1.